The van der Waals surface area contributed by atoms with Gasteiger partial charge in [0.25, 0.3) is 0 Å². The van der Waals surface area contributed by atoms with E-state index in [0.717, 1.165) is 51.8 Å². The van der Waals surface area contributed by atoms with E-state index in [1.807, 2.05) is 18.4 Å². The van der Waals surface area contributed by atoms with Crippen LogP contribution >= 0.6 is 11.3 Å². The van der Waals surface area contributed by atoms with Crippen LogP contribution in [0.4, 0.5) is 0 Å². The number of guanidine groups is 1. The summed E-state index contributed by atoms with van der Waals surface area (Å²) in [6.45, 7) is 7.35. The van der Waals surface area contributed by atoms with Crippen LogP contribution in [0.2, 0.25) is 0 Å². The molecule has 7 heteroatoms. The Labute approximate surface area is 182 Å². The molecule has 6 nitrogen and oxygen atoms in total. The van der Waals surface area contributed by atoms with Gasteiger partial charge < -0.3 is 20.4 Å². The maximum atomic E-state index is 5.54. The van der Waals surface area contributed by atoms with Crippen molar-refractivity contribution in [2.45, 2.75) is 19.4 Å². The predicted octanol–water partition coefficient (Wildman–Crippen LogP) is 3.32. The van der Waals surface area contributed by atoms with Crippen LogP contribution in [0.15, 0.2) is 46.9 Å². The summed E-state index contributed by atoms with van der Waals surface area (Å²) < 4.78 is 5.54. The molecule has 1 aliphatic rings. The van der Waals surface area contributed by atoms with E-state index in [1.165, 1.54) is 26.9 Å². The van der Waals surface area contributed by atoms with Crippen molar-refractivity contribution in [1.29, 1.82) is 0 Å². The molecule has 3 heterocycles. The van der Waals surface area contributed by atoms with E-state index < -0.39 is 0 Å². The number of aromatic nitrogens is 1. The molecule has 3 aromatic rings. The molecule has 0 amide bonds. The van der Waals surface area contributed by atoms with Crippen molar-refractivity contribution >= 4 is 28.2 Å². The zero-order valence-corrected chi connectivity index (χ0v) is 18.6. The highest BCUT2D eigenvalue weighted by Gasteiger charge is 2.23. The monoisotopic (exact) mass is 425 g/mol. The van der Waals surface area contributed by atoms with E-state index in [9.17, 15) is 0 Å². The van der Waals surface area contributed by atoms with Crippen molar-refractivity contribution < 1.29 is 4.74 Å². The van der Waals surface area contributed by atoms with E-state index in [2.05, 4.69) is 74.3 Å². The van der Waals surface area contributed by atoms with Crippen LogP contribution in [-0.4, -0.2) is 62.3 Å². The topological polar surface area (TPSA) is 64.7 Å². The van der Waals surface area contributed by atoms with E-state index in [4.69, 9.17) is 4.74 Å². The summed E-state index contributed by atoms with van der Waals surface area (Å²) in [7, 11) is 1.83. The molecule has 0 radical (unpaired) electrons. The SMILES string of the molecule is CN=C(NCCc1c[nH]c2c(C)cccc12)NCC(c1cccs1)N1CCOCC1. The van der Waals surface area contributed by atoms with Crippen LogP contribution < -0.4 is 10.6 Å². The maximum Gasteiger partial charge on any atom is 0.191 e. The van der Waals surface area contributed by atoms with Gasteiger partial charge in [0.05, 0.1) is 19.3 Å². The fraction of sp³-hybridized carbons (Fsp3) is 0.435. The van der Waals surface area contributed by atoms with Gasteiger partial charge in [-0.15, -0.1) is 11.3 Å². The van der Waals surface area contributed by atoms with E-state index in [0.29, 0.717) is 6.04 Å². The third-order valence-electron chi connectivity index (χ3n) is 5.74. The Bertz CT molecular complexity index is 959. The average Bonchev–Trinajstić information content (AvgIpc) is 3.45. The molecule has 2 aromatic heterocycles. The molecule has 0 aliphatic carbocycles. The van der Waals surface area contributed by atoms with E-state index in [-0.39, 0.29) is 0 Å². The molecule has 1 aliphatic heterocycles. The van der Waals surface area contributed by atoms with Crippen LogP contribution in [0, 0.1) is 6.92 Å². The summed E-state index contributed by atoms with van der Waals surface area (Å²) in [4.78, 5) is 11.7. The van der Waals surface area contributed by atoms with Crippen molar-refractivity contribution in [2.75, 3.05) is 46.4 Å². The lowest BCUT2D eigenvalue weighted by Crippen LogP contribution is -2.46. The maximum absolute atomic E-state index is 5.54. The van der Waals surface area contributed by atoms with Gasteiger partial charge in [-0.05, 0) is 35.9 Å². The number of morpholine rings is 1. The van der Waals surface area contributed by atoms with Crippen molar-refractivity contribution in [2.24, 2.45) is 4.99 Å². The van der Waals surface area contributed by atoms with Gasteiger partial charge in [-0.1, -0.05) is 24.3 Å². The Kier molecular flexibility index (Phi) is 7.04. The molecule has 1 atom stereocenters. The largest absolute Gasteiger partial charge is 0.379 e. The van der Waals surface area contributed by atoms with E-state index >= 15 is 0 Å². The van der Waals surface area contributed by atoms with Gasteiger partial charge in [0.2, 0.25) is 0 Å². The summed E-state index contributed by atoms with van der Waals surface area (Å²) in [5.41, 5.74) is 3.85. The predicted molar refractivity (Wildman–Crippen MR) is 126 cm³/mol. The summed E-state index contributed by atoms with van der Waals surface area (Å²) >= 11 is 1.82. The van der Waals surface area contributed by atoms with Crippen LogP contribution in [0.5, 0.6) is 0 Å². The summed E-state index contributed by atoms with van der Waals surface area (Å²) in [6, 6.07) is 11.1. The van der Waals surface area contributed by atoms with Crippen LogP contribution in [0.1, 0.15) is 22.0 Å². The number of thiophene rings is 1. The minimum atomic E-state index is 0.337. The lowest BCUT2D eigenvalue weighted by atomic mass is 10.1. The number of nitrogens with zero attached hydrogens (tertiary/aromatic N) is 2. The second kappa shape index (κ2) is 10.1. The van der Waals surface area contributed by atoms with Crippen molar-refractivity contribution in [1.82, 2.24) is 20.5 Å². The third kappa shape index (κ3) is 4.86. The molecule has 0 bridgehead atoms. The molecule has 4 rings (SSSR count). The standard InChI is InChI=1S/C23H31N5OS/c1-17-5-3-6-19-18(15-26-22(17)19)8-9-25-23(24-2)27-16-20(21-7-4-14-30-21)28-10-12-29-13-11-28/h3-7,14-15,20,26H,8-13,16H2,1-2H3,(H2,24,25,27). The first-order valence-corrected chi connectivity index (χ1v) is 11.5. The fourth-order valence-electron chi connectivity index (χ4n) is 4.08. The fourth-order valence-corrected chi connectivity index (χ4v) is 4.94. The van der Waals surface area contributed by atoms with Crippen molar-refractivity contribution in [3.05, 3.63) is 57.9 Å². The summed E-state index contributed by atoms with van der Waals surface area (Å²) in [6.07, 6.45) is 3.07. The third-order valence-corrected chi connectivity index (χ3v) is 6.71. The number of aryl methyl sites for hydroxylation is 1. The second-order valence-electron chi connectivity index (χ2n) is 7.62. The zero-order valence-electron chi connectivity index (χ0n) is 17.8. The number of fused-ring (bicyclic) bond motifs is 1. The number of para-hydroxylation sites is 1. The van der Waals surface area contributed by atoms with Gasteiger partial charge >= 0.3 is 0 Å². The second-order valence-corrected chi connectivity index (χ2v) is 8.60. The molecule has 1 saturated heterocycles. The average molecular weight is 426 g/mol. The molecule has 1 aromatic carbocycles. The van der Waals surface area contributed by atoms with Crippen molar-refractivity contribution in [3.63, 3.8) is 0 Å². The molecule has 3 N–H and O–H groups in total. The molecule has 160 valence electrons. The molecule has 1 unspecified atom stereocenters. The number of hydrogen-bond donors (Lipinski definition) is 3. The Balaban J connectivity index is 1.33. The van der Waals surface area contributed by atoms with Crippen LogP contribution in [-0.2, 0) is 11.2 Å². The van der Waals surface area contributed by atoms with Gasteiger partial charge in [0, 0.05) is 55.2 Å². The Morgan fingerprint density at radius 1 is 1.23 bits per heavy atom. The number of benzene rings is 1. The number of H-pyrrole nitrogens is 1. The quantitative estimate of drug-likeness (QED) is 0.401. The lowest BCUT2D eigenvalue weighted by Gasteiger charge is -2.34. The van der Waals surface area contributed by atoms with Gasteiger partial charge in [0.15, 0.2) is 5.96 Å². The highest BCUT2D eigenvalue weighted by Crippen LogP contribution is 2.25. The van der Waals surface area contributed by atoms with Gasteiger partial charge in [0.1, 0.15) is 0 Å². The first kappa shape index (κ1) is 20.9. The summed E-state index contributed by atoms with van der Waals surface area (Å²) in [5.74, 6) is 0.848. The van der Waals surface area contributed by atoms with Crippen molar-refractivity contribution in [3.8, 4) is 0 Å². The molecule has 1 fully saturated rings. The molecular weight excluding hydrogens is 394 g/mol. The van der Waals surface area contributed by atoms with Gasteiger partial charge in [-0.25, -0.2) is 0 Å². The molecule has 30 heavy (non-hydrogen) atoms. The first-order valence-electron chi connectivity index (χ1n) is 10.6. The summed E-state index contributed by atoms with van der Waals surface area (Å²) in [5, 5.41) is 10.5. The number of hydrogen-bond acceptors (Lipinski definition) is 4. The highest BCUT2D eigenvalue weighted by atomic mass is 32.1. The molecule has 0 saturated carbocycles. The van der Waals surface area contributed by atoms with E-state index in [1.54, 1.807) is 0 Å². The number of aromatic amines is 1. The highest BCUT2D eigenvalue weighted by molar-refractivity contribution is 7.10. The minimum Gasteiger partial charge on any atom is -0.379 e. The Morgan fingerprint density at radius 3 is 2.87 bits per heavy atom. The molecule has 0 spiro atoms. The van der Waals surface area contributed by atoms with Gasteiger partial charge in [-0.3, -0.25) is 9.89 Å². The number of ether oxygens (including phenoxy) is 1. The zero-order chi connectivity index (χ0) is 20.8. The lowest BCUT2D eigenvalue weighted by molar-refractivity contribution is 0.0177. The first-order chi connectivity index (χ1) is 14.8. The smallest absolute Gasteiger partial charge is 0.191 e. The van der Waals surface area contributed by atoms with Crippen LogP contribution in [0.25, 0.3) is 10.9 Å². The minimum absolute atomic E-state index is 0.337. The van der Waals surface area contributed by atoms with Crippen LogP contribution in [0.3, 0.4) is 0 Å². The number of nitrogens with one attached hydrogen (secondary N) is 3. The normalized spacial score (nSPS) is 16.7. The molecular formula is C23H31N5OS. The Morgan fingerprint density at radius 2 is 2.10 bits per heavy atom. The van der Waals surface area contributed by atoms with Gasteiger partial charge in [-0.2, -0.15) is 0 Å². The Hall–Kier alpha value is -2.35. The number of rotatable bonds is 7. The number of aliphatic imine (C=N–C) groups is 1.